The van der Waals surface area contributed by atoms with Crippen LogP contribution >= 0.6 is 0 Å². The molecule has 90 valence electrons. The second-order valence-corrected chi connectivity index (χ2v) is 4.99. The molecule has 0 aliphatic carbocycles. The van der Waals surface area contributed by atoms with E-state index < -0.39 is 5.60 Å². The van der Waals surface area contributed by atoms with Crippen LogP contribution < -0.4 is 5.32 Å². The molecule has 0 aliphatic rings. The molecule has 0 amide bonds. The molecule has 0 aliphatic heterocycles. The molecular formula is C13H27NO. The fourth-order valence-electron chi connectivity index (χ4n) is 1.24. The molecule has 2 unspecified atom stereocenters. The van der Waals surface area contributed by atoms with E-state index in [2.05, 4.69) is 32.2 Å². The lowest BCUT2D eigenvalue weighted by Crippen LogP contribution is -2.41. The predicted octanol–water partition coefficient (Wildman–Crippen LogP) is 2.87. The van der Waals surface area contributed by atoms with Crippen LogP contribution in [-0.2, 0) is 0 Å². The molecule has 0 aromatic carbocycles. The minimum absolute atomic E-state index is 0.471. The van der Waals surface area contributed by atoms with Gasteiger partial charge in [0.05, 0.1) is 5.60 Å². The largest absolute Gasteiger partial charge is 0.389 e. The van der Waals surface area contributed by atoms with Gasteiger partial charge in [-0.25, -0.2) is 0 Å². The smallest absolute Gasteiger partial charge is 0.0741 e. The summed E-state index contributed by atoms with van der Waals surface area (Å²) in [6.07, 6.45) is 5.30. The van der Waals surface area contributed by atoms with E-state index in [0.717, 1.165) is 19.3 Å². The van der Waals surface area contributed by atoms with Crippen LogP contribution in [0.15, 0.2) is 11.6 Å². The Bertz CT molecular complexity index is 193. The third-order valence-corrected chi connectivity index (χ3v) is 2.75. The Labute approximate surface area is 94.8 Å². The topological polar surface area (TPSA) is 32.3 Å². The molecule has 2 atom stereocenters. The van der Waals surface area contributed by atoms with Gasteiger partial charge in [0.25, 0.3) is 0 Å². The Hall–Kier alpha value is -0.340. The lowest BCUT2D eigenvalue weighted by molar-refractivity contribution is 0.0531. The van der Waals surface area contributed by atoms with E-state index in [9.17, 15) is 5.11 Å². The summed E-state index contributed by atoms with van der Waals surface area (Å²) in [6.45, 7) is 11.0. The number of hydrogen-bond donors (Lipinski definition) is 2. The van der Waals surface area contributed by atoms with Gasteiger partial charge in [-0.05, 0) is 47.0 Å². The van der Waals surface area contributed by atoms with E-state index in [1.807, 2.05) is 13.8 Å². The molecule has 0 spiro atoms. The Kier molecular flexibility index (Phi) is 6.86. The molecule has 0 fully saturated rings. The maximum Gasteiger partial charge on any atom is 0.0741 e. The second-order valence-electron chi connectivity index (χ2n) is 4.99. The maximum atomic E-state index is 9.81. The van der Waals surface area contributed by atoms with Crippen LogP contribution in [0.2, 0.25) is 0 Å². The van der Waals surface area contributed by atoms with Crippen molar-refractivity contribution in [3.63, 3.8) is 0 Å². The minimum atomic E-state index is -0.565. The van der Waals surface area contributed by atoms with Gasteiger partial charge in [0.2, 0.25) is 0 Å². The molecular weight excluding hydrogens is 186 g/mol. The standard InChI is InChI=1S/C13H27NO/c1-6-13(5,15)10-14-12(4)9-7-8-11(2)3/h8,12,14-15H,6-7,9-10H2,1-5H3. The van der Waals surface area contributed by atoms with Crippen molar-refractivity contribution in [1.29, 1.82) is 0 Å². The molecule has 2 nitrogen and oxygen atoms in total. The zero-order chi connectivity index (χ0) is 11.9. The van der Waals surface area contributed by atoms with Crippen molar-refractivity contribution in [1.82, 2.24) is 5.32 Å². The van der Waals surface area contributed by atoms with E-state index >= 15 is 0 Å². The summed E-state index contributed by atoms with van der Waals surface area (Å²) in [5.41, 5.74) is 0.813. The van der Waals surface area contributed by atoms with Crippen LogP contribution in [0.5, 0.6) is 0 Å². The van der Waals surface area contributed by atoms with Crippen molar-refractivity contribution >= 4 is 0 Å². The number of rotatable bonds is 7. The number of allylic oxidation sites excluding steroid dienone is 2. The third-order valence-electron chi connectivity index (χ3n) is 2.75. The summed E-state index contributed by atoms with van der Waals surface area (Å²) in [4.78, 5) is 0. The van der Waals surface area contributed by atoms with E-state index in [1.165, 1.54) is 5.57 Å². The quantitative estimate of drug-likeness (QED) is 0.637. The van der Waals surface area contributed by atoms with E-state index in [0.29, 0.717) is 12.6 Å². The van der Waals surface area contributed by atoms with E-state index in [-0.39, 0.29) is 0 Å². The summed E-state index contributed by atoms with van der Waals surface area (Å²) >= 11 is 0. The molecule has 0 rings (SSSR count). The highest BCUT2D eigenvalue weighted by Gasteiger charge is 2.17. The summed E-state index contributed by atoms with van der Waals surface area (Å²) in [7, 11) is 0. The Morgan fingerprint density at radius 1 is 1.47 bits per heavy atom. The molecule has 0 aromatic rings. The number of hydrogen-bond acceptors (Lipinski definition) is 2. The van der Waals surface area contributed by atoms with Crippen LogP contribution in [0.25, 0.3) is 0 Å². The predicted molar refractivity (Wildman–Crippen MR) is 67.0 cm³/mol. The molecule has 0 aromatic heterocycles. The third kappa shape index (κ3) is 8.64. The molecule has 0 saturated heterocycles. The van der Waals surface area contributed by atoms with Gasteiger partial charge < -0.3 is 10.4 Å². The van der Waals surface area contributed by atoms with Crippen molar-refractivity contribution in [3.05, 3.63) is 11.6 Å². The molecule has 0 bridgehead atoms. The fourth-order valence-corrected chi connectivity index (χ4v) is 1.24. The van der Waals surface area contributed by atoms with Crippen molar-refractivity contribution < 1.29 is 5.11 Å². The van der Waals surface area contributed by atoms with Gasteiger partial charge >= 0.3 is 0 Å². The maximum absolute atomic E-state index is 9.81. The lowest BCUT2D eigenvalue weighted by atomic mass is 10.0. The summed E-state index contributed by atoms with van der Waals surface area (Å²) in [5, 5.41) is 13.2. The summed E-state index contributed by atoms with van der Waals surface area (Å²) in [6, 6.07) is 0.471. The first-order valence-corrected chi connectivity index (χ1v) is 5.96. The Balaban J connectivity index is 3.66. The minimum Gasteiger partial charge on any atom is -0.389 e. The zero-order valence-electron chi connectivity index (χ0n) is 10.9. The monoisotopic (exact) mass is 213 g/mol. The van der Waals surface area contributed by atoms with Crippen LogP contribution in [0.4, 0.5) is 0 Å². The van der Waals surface area contributed by atoms with Gasteiger partial charge in [-0.1, -0.05) is 18.6 Å². The van der Waals surface area contributed by atoms with Gasteiger partial charge in [0, 0.05) is 12.6 Å². The fraction of sp³-hybridized carbons (Fsp3) is 0.846. The van der Waals surface area contributed by atoms with Crippen LogP contribution in [0.3, 0.4) is 0 Å². The van der Waals surface area contributed by atoms with Crippen molar-refractivity contribution in [2.75, 3.05) is 6.54 Å². The van der Waals surface area contributed by atoms with Crippen molar-refractivity contribution in [2.45, 2.75) is 65.5 Å². The first kappa shape index (κ1) is 14.7. The van der Waals surface area contributed by atoms with Gasteiger partial charge in [-0.2, -0.15) is 0 Å². The normalized spacial score (nSPS) is 16.9. The highest BCUT2D eigenvalue weighted by atomic mass is 16.3. The average Bonchev–Trinajstić information content (AvgIpc) is 2.14. The molecule has 2 N–H and O–H groups in total. The first-order valence-electron chi connectivity index (χ1n) is 5.96. The molecule has 0 radical (unpaired) electrons. The van der Waals surface area contributed by atoms with Crippen LogP contribution in [0, 0.1) is 0 Å². The highest BCUT2D eigenvalue weighted by Crippen LogP contribution is 2.08. The van der Waals surface area contributed by atoms with E-state index in [1.54, 1.807) is 0 Å². The van der Waals surface area contributed by atoms with E-state index in [4.69, 9.17) is 0 Å². The zero-order valence-corrected chi connectivity index (χ0v) is 10.9. The Morgan fingerprint density at radius 3 is 2.53 bits per heavy atom. The van der Waals surface area contributed by atoms with Gasteiger partial charge in [0.1, 0.15) is 0 Å². The summed E-state index contributed by atoms with van der Waals surface area (Å²) < 4.78 is 0. The van der Waals surface area contributed by atoms with Crippen molar-refractivity contribution in [3.8, 4) is 0 Å². The second kappa shape index (κ2) is 7.02. The van der Waals surface area contributed by atoms with Crippen LogP contribution in [-0.4, -0.2) is 23.3 Å². The molecule has 15 heavy (non-hydrogen) atoms. The van der Waals surface area contributed by atoms with Gasteiger partial charge in [0.15, 0.2) is 0 Å². The Morgan fingerprint density at radius 2 is 2.07 bits per heavy atom. The van der Waals surface area contributed by atoms with Gasteiger partial charge in [-0.15, -0.1) is 0 Å². The lowest BCUT2D eigenvalue weighted by Gasteiger charge is -2.24. The molecule has 0 heterocycles. The van der Waals surface area contributed by atoms with Crippen molar-refractivity contribution in [2.24, 2.45) is 0 Å². The van der Waals surface area contributed by atoms with Gasteiger partial charge in [-0.3, -0.25) is 0 Å². The van der Waals surface area contributed by atoms with Crippen LogP contribution in [0.1, 0.15) is 53.9 Å². The highest BCUT2D eigenvalue weighted by molar-refractivity contribution is 4.93. The molecule has 2 heteroatoms. The molecule has 0 saturated carbocycles. The number of aliphatic hydroxyl groups is 1. The first-order chi connectivity index (χ1) is 6.87. The number of nitrogens with one attached hydrogen (secondary N) is 1. The summed E-state index contributed by atoms with van der Waals surface area (Å²) in [5.74, 6) is 0. The SMILES string of the molecule is CCC(C)(O)CNC(C)CCC=C(C)C. The average molecular weight is 213 g/mol.